The number of rotatable bonds is 15. The maximum absolute atomic E-state index is 2.78. The van der Waals surface area contributed by atoms with Gasteiger partial charge in [-0.1, -0.05) is 276 Å². The number of unbranched alkanes of at least 4 members (excludes halogenated alkanes) is 5. The lowest BCUT2D eigenvalue weighted by atomic mass is 9.99. The molecular weight excluding hydrogens is 869 g/mol. The van der Waals surface area contributed by atoms with E-state index in [4.69, 9.17) is 0 Å². The van der Waals surface area contributed by atoms with Gasteiger partial charge in [0.1, 0.15) is 0 Å². The zero-order valence-electron chi connectivity index (χ0n) is 41.3. The summed E-state index contributed by atoms with van der Waals surface area (Å²) >= 11 is 0. The fourth-order valence-electron chi connectivity index (χ4n) is 11.2. The molecule has 66 heavy (non-hydrogen) atoms. The fourth-order valence-corrected chi connectivity index (χ4v) is 21.5. The van der Waals surface area contributed by atoms with E-state index in [1.807, 2.05) is 0 Å². The Kier molecular flexibility index (Phi) is 26.3. The summed E-state index contributed by atoms with van der Waals surface area (Å²) in [6.45, 7) is 2.26. The maximum Gasteiger partial charge on any atom is -0.0129 e. The largest absolute Gasteiger partial charge is 0.138 e. The molecule has 4 heteroatoms. The maximum atomic E-state index is 2.78. The first-order valence-corrected chi connectivity index (χ1v) is 32.2. The van der Waals surface area contributed by atoms with Crippen molar-refractivity contribution < 1.29 is 0 Å². The molecule has 0 amide bonds. The van der Waals surface area contributed by atoms with Crippen LogP contribution in [0.1, 0.15) is 174 Å². The van der Waals surface area contributed by atoms with E-state index in [1.165, 1.54) is 129 Å². The van der Waals surface area contributed by atoms with Gasteiger partial charge in [0.25, 0.3) is 0 Å². The smallest absolute Gasteiger partial charge is 0.0129 e. The van der Waals surface area contributed by atoms with Crippen molar-refractivity contribution in [1.29, 1.82) is 0 Å². The molecule has 0 radical (unpaired) electrons. The Morgan fingerprint density at radius 2 is 0.606 bits per heavy atom. The first-order chi connectivity index (χ1) is 32.8. The third-order valence-electron chi connectivity index (χ3n) is 14.6. The third kappa shape index (κ3) is 18.3. The van der Waals surface area contributed by atoms with Crippen LogP contribution in [-0.2, 0) is 0 Å². The molecular formula is C62H88P4. The molecule has 5 aromatic rings. The Hall–Kier alpha value is -2.18. The molecule has 0 bridgehead atoms. The Morgan fingerprint density at radius 1 is 0.333 bits per heavy atom. The quantitative estimate of drug-likeness (QED) is 0.0725. The molecule has 0 spiro atoms. The summed E-state index contributed by atoms with van der Waals surface area (Å²) in [7, 11) is 2.55. The topological polar surface area (TPSA) is 0 Å². The molecule has 4 fully saturated rings. The lowest BCUT2D eigenvalue weighted by molar-refractivity contribution is 0.460. The highest BCUT2D eigenvalue weighted by molar-refractivity contribution is 7.79. The second-order valence-electron chi connectivity index (χ2n) is 19.6. The highest BCUT2D eigenvalue weighted by Gasteiger charge is 2.36. The summed E-state index contributed by atoms with van der Waals surface area (Å²) in [5.74, 6) is 0. The normalized spacial score (nSPS) is 17.5. The molecule has 0 heterocycles. The van der Waals surface area contributed by atoms with E-state index < -0.39 is 7.92 Å². The van der Waals surface area contributed by atoms with E-state index in [-0.39, 0.29) is 7.92 Å². The lowest BCUT2D eigenvalue weighted by Crippen LogP contribution is -2.28. The van der Waals surface area contributed by atoms with Gasteiger partial charge in [0.2, 0.25) is 0 Å². The lowest BCUT2D eigenvalue weighted by Gasteiger charge is -2.44. The minimum Gasteiger partial charge on any atom is -0.138 e. The minimum atomic E-state index is -0.446. The molecule has 1 unspecified atom stereocenters. The SMILES string of the molecule is C1CCC(P(C2CCCCC2)C2CCCCC2)CC1.CCCCCCCCP.c1ccc(P(c2ccccc2)C2CCCCC2)cc1.c1ccc(P(c2ccccc2)c2ccccc2)cc1. The van der Waals surface area contributed by atoms with Crippen LogP contribution in [0, 0.1) is 0 Å². The Bertz CT molecular complexity index is 1700. The van der Waals surface area contributed by atoms with Gasteiger partial charge in [0.15, 0.2) is 0 Å². The highest BCUT2D eigenvalue weighted by atomic mass is 31.1. The fraction of sp³-hybridized carbons (Fsp3) is 0.516. The van der Waals surface area contributed by atoms with Gasteiger partial charge in [-0.2, -0.15) is 0 Å². The van der Waals surface area contributed by atoms with Crippen molar-refractivity contribution in [2.45, 2.75) is 197 Å². The molecule has 0 N–H and O–H groups in total. The van der Waals surface area contributed by atoms with E-state index in [1.54, 1.807) is 87.7 Å². The van der Waals surface area contributed by atoms with Gasteiger partial charge in [-0.3, -0.25) is 0 Å². The molecule has 0 aliphatic heterocycles. The molecule has 4 aliphatic carbocycles. The first-order valence-electron chi connectivity index (χ1n) is 27.1. The summed E-state index contributed by atoms with van der Waals surface area (Å²) in [6, 6.07) is 54.7. The summed E-state index contributed by atoms with van der Waals surface area (Å²) in [5, 5.41) is 7.30. The Morgan fingerprint density at radius 3 is 0.909 bits per heavy atom. The highest BCUT2D eigenvalue weighted by Crippen LogP contribution is 2.61. The third-order valence-corrected chi connectivity index (χ3v) is 24.5. The van der Waals surface area contributed by atoms with Crippen molar-refractivity contribution in [1.82, 2.24) is 0 Å². The molecule has 4 saturated carbocycles. The van der Waals surface area contributed by atoms with Crippen LogP contribution in [-0.4, -0.2) is 28.8 Å². The molecule has 356 valence electrons. The van der Waals surface area contributed by atoms with Gasteiger partial charge in [-0.05, 0) is 129 Å². The van der Waals surface area contributed by atoms with Crippen molar-refractivity contribution >= 4 is 59.5 Å². The van der Waals surface area contributed by atoms with Crippen LogP contribution in [0.25, 0.3) is 0 Å². The summed E-state index contributed by atoms with van der Waals surface area (Å²) in [6.07, 6.45) is 40.5. The van der Waals surface area contributed by atoms with Gasteiger partial charge in [0, 0.05) is 0 Å². The van der Waals surface area contributed by atoms with Crippen LogP contribution < -0.4 is 26.5 Å². The molecule has 9 rings (SSSR count). The Labute approximate surface area is 411 Å². The summed E-state index contributed by atoms with van der Waals surface area (Å²) < 4.78 is 0. The average molecular weight is 957 g/mol. The van der Waals surface area contributed by atoms with Crippen LogP contribution in [0.5, 0.6) is 0 Å². The molecule has 0 nitrogen and oxygen atoms in total. The van der Waals surface area contributed by atoms with Crippen LogP contribution in [0.3, 0.4) is 0 Å². The molecule has 1 atom stereocenters. The second-order valence-corrected chi connectivity index (χ2v) is 27.9. The molecule has 4 aliphatic rings. The van der Waals surface area contributed by atoms with Crippen molar-refractivity contribution in [3.05, 3.63) is 152 Å². The second kappa shape index (κ2) is 32.6. The Balaban J connectivity index is 0.000000150. The zero-order chi connectivity index (χ0) is 45.7. The average Bonchev–Trinajstić information content (AvgIpc) is 3.40. The predicted molar refractivity (Wildman–Crippen MR) is 307 cm³/mol. The number of benzene rings is 5. The van der Waals surface area contributed by atoms with Gasteiger partial charge < -0.3 is 0 Å². The minimum absolute atomic E-state index is 0.169. The van der Waals surface area contributed by atoms with Crippen LogP contribution >= 0.6 is 33.0 Å². The van der Waals surface area contributed by atoms with E-state index >= 15 is 0 Å². The predicted octanol–water partition coefficient (Wildman–Crippen LogP) is 17.6. The van der Waals surface area contributed by atoms with Gasteiger partial charge in [-0.15, -0.1) is 9.24 Å². The molecule has 5 aromatic carbocycles. The van der Waals surface area contributed by atoms with Crippen molar-refractivity contribution in [2.24, 2.45) is 0 Å². The van der Waals surface area contributed by atoms with Crippen LogP contribution in [0.4, 0.5) is 0 Å². The molecule has 0 saturated heterocycles. The van der Waals surface area contributed by atoms with E-state index in [9.17, 15) is 0 Å². The first kappa shape index (κ1) is 53.2. The van der Waals surface area contributed by atoms with Crippen molar-refractivity contribution in [3.8, 4) is 0 Å². The monoisotopic (exact) mass is 957 g/mol. The summed E-state index contributed by atoms with van der Waals surface area (Å²) in [5.41, 5.74) is 4.45. The molecule has 0 aromatic heterocycles. The van der Waals surface area contributed by atoms with E-state index in [0.29, 0.717) is 7.92 Å². The number of hydrogen-bond acceptors (Lipinski definition) is 0. The number of hydrogen-bond donors (Lipinski definition) is 0. The zero-order valence-corrected chi connectivity index (χ0v) is 45.1. The standard InChI is InChI=1S/C18H33P.C18H21P.C18H15P.C8H19P/c3*1-4-10-16(11-5-1)19(17-12-6-2-7-13-17)18-14-8-3-9-15-18;1-2-3-4-5-6-7-8-9/h16-18H,1-15H2;1-2,4-7,10-13,18H,3,8-9,14-15H2;1-15H;2-9H2,1H3. The van der Waals surface area contributed by atoms with E-state index in [2.05, 4.69) is 168 Å². The van der Waals surface area contributed by atoms with Crippen molar-refractivity contribution in [2.75, 3.05) is 6.16 Å². The van der Waals surface area contributed by atoms with Crippen LogP contribution in [0.2, 0.25) is 0 Å². The van der Waals surface area contributed by atoms with Gasteiger partial charge in [0.05, 0.1) is 0 Å². The van der Waals surface area contributed by atoms with Gasteiger partial charge >= 0.3 is 0 Å². The van der Waals surface area contributed by atoms with Crippen LogP contribution in [0.15, 0.2) is 152 Å². The summed E-state index contributed by atoms with van der Waals surface area (Å²) in [4.78, 5) is 0. The van der Waals surface area contributed by atoms with Crippen molar-refractivity contribution in [3.63, 3.8) is 0 Å². The van der Waals surface area contributed by atoms with Gasteiger partial charge in [-0.25, -0.2) is 0 Å². The van der Waals surface area contributed by atoms with E-state index in [0.717, 1.165) is 5.66 Å².